The van der Waals surface area contributed by atoms with Crippen LogP contribution in [-0.4, -0.2) is 13.4 Å². The summed E-state index contributed by atoms with van der Waals surface area (Å²) in [6.45, 7) is 2.17. The molecule has 0 saturated heterocycles. The molecule has 94 valence electrons. The topological polar surface area (TPSA) is 59.1 Å². The Hall–Kier alpha value is -1.72. The fraction of sp³-hybridized carbons (Fsp3) is 0.154. The maximum Gasteiger partial charge on any atom is 0.240 e. The molecular formula is C13H14N2O2S. The summed E-state index contributed by atoms with van der Waals surface area (Å²) < 4.78 is 26.5. The summed E-state index contributed by atoms with van der Waals surface area (Å²) in [5.41, 5.74) is 1.89. The Morgan fingerprint density at radius 1 is 1.17 bits per heavy atom. The Morgan fingerprint density at radius 2 is 1.89 bits per heavy atom. The van der Waals surface area contributed by atoms with Gasteiger partial charge in [-0.15, -0.1) is 0 Å². The van der Waals surface area contributed by atoms with Crippen molar-refractivity contribution < 1.29 is 8.42 Å². The van der Waals surface area contributed by atoms with Crippen LogP contribution >= 0.6 is 0 Å². The van der Waals surface area contributed by atoms with Crippen molar-refractivity contribution in [2.45, 2.75) is 18.4 Å². The van der Waals surface area contributed by atoms with Crippen LogP contribution in [0.2, 0.25) is 0 Å². The van der Waals surface area contributed by atoms with Crippen LogP contribution in [0.1, 0.15) is 11.1 Å². The summed E-state index contributed by atoms with van der Waals surface area (Å²) in [5.74, 6) is 0. The van der Waals surface area contributed by atoms with Crippen LogP contribution in [0.25, 0.3) is 0 Å². The molecule has 2 aromatic rings. The second kappa shape index (κ2) is 5.29. The molecule has 0 aliphatic carbocycles. The number of hydrogen-bond donors (Lipinski definition) is 1. The van der Waals surface area contributed by atoms with Gasteiger partial charge in [-0.2, -0.15) is 0 Å². The highest BCUT2D eigenvalue weighted by Crippen LogP contribution is 2.10. The van der Waals surface area contributed by atoms with Crippen molar-refractivity contribution in [3.8, 4) is 0 Å². The number of sulfonamides is 1. The zero-order chi connectivity index (χ0) is 13.0. The number of benzene rings is 1. The van der Waals surface area contributed by atoms with Gasteiger partial charge >= 0.3 is 0 Å². The number of aryl methyl sites for hydroxylation is 1. The fourth-order valence-corrected chi connectivity index (χ4v) is 2.57. The number of nitrogens with one attached hydrogen (secondary N) is 1. The molecular weight excluding hydrogens is 248 g/mol. The van der Waals surface area contributed by atoms with Crippen LogP contribution in [0.3, 0.4) is 0 Å². The van der Waals surface area contributed by atoms with Crippen LogP contribution in [0.5, 0.6) is 0 Å². The minimum atomic E-state index is -3.45. The second-order valence-electron chi connectivity index (χ2n) is 3.94. The SMILES string of the molecule is Cc1ccncc1CNS(=O)(=O)c1ccccc1. The van der Waals surface area contributed by atoms with E-state index in [4.69, 9.17) is 0 Å². The van der Waals surface area contributed by atoms with Crippen LogP contribution in [-0.2, 0) is 16.6 Å². The van der Waals surface area contributed by atoms with E-state index in [1.54, 1.807) is 42.7 Å². The van der Waals surface area contributed by atoms with Gasteiger partial charge in [0.05, 0.1) is 4.90 Å². The van der Waals surface area contributed by atoms with Crippen molar-refractivity contribution in [3.63, 3.8) is 0 Å². The number of rotatable bonds is 4. The predicted octanol–water partition coefficient (Wildman–Crippen LogP) is 1.87. The van der Waals surface area contributed by atoms with Gasteiger partial charge in [0.25, 0.3) is 0 Å². The number of aromatic nitrogens is 1. The normalized spacial score (nSPS) is 11.4. The van der Waals surface area contributed by atoms with E-state index in [9.17, 15) is 8.42 Å². The smallest absolute Gasteiger partial charge is 0.240 e. The lowest BCUT2D eigenvalue weighted by atomic mass is 10.2. The summed E-state index contributed by atoms with van der Waals surface area (Å²) in [5, 5.41) is 0. The van der Waals surface area contributed by atoms with Gasteiger partial charge in [0.2, 0.25) is 10.0 Å². The van der Waals surface area contributed by atoms with Gasteiger partial charge in [0, 0.05) is 18.9 Å². The van der Waals surface area contributed by atoms with Gasteiger partial charge in [-0.25, -0.2) is 13.1 Å². The Labute approximate surface area is 107 Å². The zero-order valence-corrected chi connectivity index (χ0v) is 10.8. The Balaban J connectivity index is 2.14. The van der Waals surface area contributed by atoms with Gasteiger partial charge in [-0.3, -0.25) is 4.98 Å². The second-order valence-corrected chi connectivity index (χ2v) is 5.71. The van der Waals surface area contributed by atoms with E-state index < -0.39 is 10.0 Å². The van der Waals surface area contributed by atoms with E-state index in [-0.39, 0.29) is 11.4 Å². The molecule has 2 rings (SSSR count). The molecule has 0 fully saturated rings. The third kappa shape index (κ3) is 2.94. The predicted molar refractivity (Wildman–Crippen MR) is 69.4 cm³/mol. The van der Waals surface area contributed by atoms with Crippen LogP contribution < -0.4 is 4.72 Å². The van der Waals surface area contributed by atoms with Crippen molar-refractivity contribution in [2.75, 3.05) is 0 Å². The molecule has 5 heteroatoms. The van der Waals surface area contributed by atoms with E-state index in [2.05, 4.69) is 9.71 Å². The van der Waals surface area contributed by atoms with Crippen LogP contribution in [0, 0.1) is 6.92 Å². The summed E-state index contributed by atoms with van der Waals surface area (Å²) in [4.78, 5) is 4.25. The van der Waals surface area contributed by atoms with Crippen molar-refractivity contribution >= 4 is 10.0 Å². The molecule has 1 aromatic carbocycles. The van der Waals surface area contributed by atoms with Crippen molar-refractivity contribution in [3.05, 3.63) is 59.9 Å². The molecule has 0 bridgehead atoms. The molecule has 1 aromatic heterocycles. The number of pyridine rings is 1. The van der Waals surface area contributed by atoms with Crippen LogP contribution in [0.4, 0.5) is 0 Å². The van der Waals surface area contributed by atoms with Crippen molar-refractivity contribution in [1.29, 1.82) is 0 Å². The number of hydrogen-bond acceptors (Lipinski definition) is 3. The maximum absolute atomic E-state index is 12.0. The van der Waals surface area contributed by atoms with E-state index in [0.29, 0.717) is 0 Å². The Kier molecular flexibility index (Phi) is 3.74. The van der Waals surface area contributed by atoms with E-state index >= 15 is 0 Å². The third-order valence-corrected chi connectivity index (χ3v) is 4.07. The zero-order valence-electron chi connectivity index (χ0n) is 10.00. The standard InChI is InChI=1S/C13H14N2O2S/c1-11-7-8-14-9-12(11)10-15-18(16,17)13-5-3-2-4-6-13/h2-9,15H,10H2,1H3. The van der Waals surface area contributed by atoms with Gasteiger partial charge in [-0.05, 0) is 36.2 Å². The molecule has 0 amide bonds. The first kappa shape index (κ1) is 12.7. The third-order valence-electron chi connectivity index (χ3n) is 2.65. The molecule has 1 heterocycles. The first-order valence-electron chi connectivity index (χ1n) is 5.54. The highest BCUT2D eigenvalue weighted by atomic mass is 32.2. The number of nitrogens with zero attached hydrogens (tertiary/aromatic N) is 1. The average molecular weight is 262 g/mol. The van der Waals surface area contributed by atoms with E-state index in [1.807, 2.05) is 13.0 Å². The minimum absolute atomic E-state index is 0.247. The molecule has 0 atom stereocenters. The summed E-state index contributed by atoms with van der Waals surface area (Å²) in [6, 6.07) is 10.2. The highest BCUT2D eigenvalue weighted by Gasteiger charge is 2.13. The molecule has 0 saturated carbocycles. The fourth-order valence-electron chi connectivity index (χ4n) is 1.54. The molecule has 18 heavy (non-hydrogen) atoms. The molecule has 0 spiro atoms. The van der Waals surface area contributed by atoms with Crippen molar-refractivity contribution in [1.82, 2.24) is 9.71 Å². The van der Waals surface area contributed by atoms with Crippen molar-refractivity contribution in [2.24, 2.45) is 0 Å². The summed E-state index contributed by atoms with van der Waals surface area (Å²) in [6.07, 6.45) is 3.35. The Morgan fingerprint density at radius 3 is 2.56 bits per heavy atom. The Bertz CT molecular complexity index is 624. The van der Waals surface area contributed by atoms with Gasteiger partial charge in [-0.1, -0.05) is 18.2 Å². The van der Waals surface area contributed by atoms with Crippen LogP contribution in [0.15, 0.2) is 53.7 Å². The molecule has 0 aliphatic heterocycles. The molecule has 0 radical (unpaired) electrons. The quantitative estimate of drug-likeness (QED) is 0.915. The van der Waals surface area contributed by atoms with Gasteiger partial charge in [0.1, 0.15) is 0 Å². The lowest BCUT2D eigenvalue weighted by Gasteiger charge is -2.08. The maximum atomic E-state index is 12.0. The largest absolute Gasteiger partial charge is 0.264 e. The first-order valence-corrected chi connectivity index (χ1v) is 7.02. The summed E-state index contributed by atoms with van der Waals surface area (Å²) >= 11 is 0. The first-order chi connectivity index (χ1) is 8.59. The highest BCUT2D eigenvalue weighted by molar-refractivity contribution is 7.89. The van der Waals surface area contributed by atoms with Gasteiger partial charge in [0.15, 0.2) is 0 Å². The van der Waals surface area contributed by atoms with E-state index in [1.165, 1.54) is 0 Å². The minimum Gasteiger partial charge on any atom is -0.264 e. The average Bonchev–Trinajstić information content (AvgIpc) is 2.39. The summed E-state index contributed by atoms with van der Waals surface area (Å²) in [7, 11) is -3.45. The monoisotopic (exact) mass is 262 g/mol. The van der Waals surface area contributed by atoms with E-state index in [0.717, 1.165) is 11.1 Å². The lowest BCUT2D eigenvalue weighted by Crippen LogP contribution is -2.23. The molecule has 4 nitrogen and oxygen atoms in total. The lowest BCUT2D eigenvalue weighted by molar-refractivity contribution is 0.581. The molecule has 0 unspecified atom stereocenters. The van der Waals surface area contributed by atoms with Gasteiger partial charge < -0.3 is 0 Å². The molecule has 0 aliphatic rings. The molecule has 1 N–H and O–H groups in total.